The highest BCUT2D eigenvalue weighted by molar-refractivity contribution is 5.93. The van der Waals surface area contributed by atoms with Gasteiger partial charge in [-0.2, -0.15) is 0 Å². The van der Waals surface area contributed by atoms with Crippen molar-refractivity contribution in [2.75, 3.05) is 0 Å². The highest BCUT2D eigenvalue weighted by Gasteiger charge is 2.15. The largest absolute Gasteiger partial charge is 0.349 e. The molecule has 0 saturated carbocycles. The van der Waals surface area contributed by atoms with Crippen molar-refractivity contribution < 1.29 is 4.79 Å². The van der Waals surface area contributed by atoms with E-state index in [9.17, 15) is 9.59 Å². The Morgan fingerprint density at radius 3 is 2.83 bits per heavy atom. The molecule has 124 valence electrons. The average molecular weight is 315 g/mol. The van der Waals surface area contributed by atoms with Crippen LogP contribution in [0.3, 0.4) is 0 Å². The van der Waals surface area contributed by atoms with E-state index in [1.165, 1.54) is 29.9 Å². The third kappa shape index (κ3) is 4.41. The molecule has 0 radical (unpaired) electrons. The molecule has 1 N–H and O–H groups in total. The Bertz CT molecular complexity index is 737. The van der Waals surface area contributed by atoms with Gasteiger partial charge in [0.05, 0.1) is 0 Å². The van der Waals surface area contributed by atoms with E-state index in [2.05, 4.69) is 17.2 Å². The SMILES string of the molecule is CCCCCCC(C)NC(=O)c1cnc2ccc(C)cn2c1=O. The zero-order valence-corrected chi connectivity index (χ0v) is 14.1. The van der Waals surface area contributed by atoms with Crippen molar-refractivity contribution in [1.82, 2.24) is 14.7 Å². The molecule has 0 aliphatic carbocycles. The zero-order chi connectivity index (χ0) is 16.8. The normalized spacial score (nSPS) is 12.3. The number of aryl methyl sites for hydroxylation is 1. The zero-order valence-electron chi connectivity index (χ0n) is 14.1. The fourth-order valence-electron chi connectivity index (χ4n) is 2.59. The van der Waals surface area contributed by atoms with Crippen molar-refractivity contribution >= 4 is 11.6 Å². The Balaban J connectivity index is 2.09. The second-order valence-electron chi connectivity index (χ2n) is 6.14. The summed E-state index contributed by atoms with van der Waals surface area (Å²) in [5.74, 6) is -0.346. The van der Waals surface area contributed by atoms with Crippen molar-refractivity contribution in [3.8, 4) is 0 Å². The molecule has 0 aliphatic heterocycles. The fraction of sp³-hybridized carbons (Fsp3) is 0.500. The summed E-state index contributed by atoms with van der Waals surface area (Å²) in [7, 11) is 0. The number of nitrogens with zero attached hydrogens (tertiary/aromatic N) is 2. The lowest BCUT2D eigenvalue weighted by Crippen LogP contribution is -2.36. The van der Waals surface area contributed by atoms with E-state index in [4.69, 9.17) is 0 Å². The van der Waals surface area contributed by atoms with Gasteiger partial charge in [-0.1, -0.05) is 38.7 Å². The number of hydrogen-bond acceptors (Lipinski definition) is 3. The molecular weight excluding hydrogens is 290 g/mol. The first-order valence-electron chi connectivity index (χ1n) is 8.31. The maximum Gasteiger partial charge on any atom is 0.270 e. The highest BCUT2D eigenvalue weighted by Crippen LogP contribution is 2.06. The number of unbranched alkanes of at least 4 members (excludes halogenated alkanes) is 3. The van der Waals surface area contributed by atoms with Gasteiger partial charge in [0, 0.05) is 18.4 Å². The summed E-state index contributed by atoms with van der Waals surface area (Å²) >= 11 is 0. The molecule has 0 bridgehead atoms. The van der Waals surface area contributed by atoms with Crippen molar-refractivity contribution in [3.05, 3.63) is 46.0 Å². The standard InChI is InChI=1S/C18H25N3O2/c1-4-5-6-7-8-14(3)20-17(22)15-11-19-16-10-9-13(2)12-21(16)18(15)23/h9-12,14H,4-8H2,1-3H3,(H,20,22). The quantitative estimate of drug-likeness (QED) is 0.799. The molecule has 1 unspecified atom stereocenters. The molecule has 2 aromatic heterocycles. The van der Waals surface area contributed by atoms with Gasteiger partial charge in [0.1, 0.15) is 11.2 Å². The number of aromatic nitrogens is 2. The second-order valence-corrected chi connectivity index (χ2v) is 6.14. The van der Waals surface area contributed by atoms with E-state index in [0.29, 0.717) is 5.65 Å². The molecule has 0 aliphatic rings. The van der Waals surface area contributed by atoms with E-state index in [0.717, 1.165) is 18.4 Å². The number of rotatable bonds is 7. The summed E-state index contributed by atoms with van der Waals surface area (Å²) in [4.78, 5) is 29.0. The minimum Gasteiger partial charge on any atom is -0.349 e. The summed E-state index contributed by atoms with van der Waals surface area (Å²) in [6.45, 7) is 6.05. The lowest BCUT2D eigenvalue weighted by Gasteiger charge is -2.13. The van der Waals surface area contributed by atoms with Crippen LogP contribution in [0.5, 0.6) is 0 Å². The van der Waals surface area contributed by atoms with E-state index in [1.54, 1.807) is 12.3 Å². The van der Waals surface area contributed by atoms with Gasteiger partial charge in [0.25, 0.3) is 11.5 Å². The first kappa shape index (κ1) is 17.2. The monoisotopic (exact) mass is 315 g/mol. The Morgan fingerprint density at radius 1 is 1.30 bits per heavy atom. The third-order valence-corrected chi connectivity index (χ3v) is 3.96. The van der Waals surface area contributed by atoms with Crippen LogP contribution in [0.25, 0.3) is 5.65 Å². The maximum atomic E-state index is 12.5. The van der Waals surface area contributed by atoms with Gasteiger partial charge >= 0.3 is 0 Å². The van der Waals surface area contributed by atoms with Crippen LogP contribution in [-0.2, 0) is 0 Å². The minimum atomic E-state index is -0.346. The van der Waals surface area contributed by atoms with E-state index >= 15 is 0 Å². The van der Waals surface area contributed by atoms with Gasteiger partial charge in [-0.05, 0) is 31.9 Å². The smallest absolute Gasteiger partial charge is 0.270 e. The molecular formula is C18H25N3O2. The first-order chi connectivity index (χ1) is 11.0. The van der Waals surface area contributed by atoms with E-state index in [1.807, 2.05) is 19.9 Å². The fourth-order valence-corrected chi connectivity index (χ4v) is 2.59. The molecule has 0 fully saturated rings. The number of fused-ring (bicyclic) bond motifs is 1. The van der Waals surface area contributed by atoms with Gasteiger partial charge in [0.2, 0.25) is 0 Å². The summed E-state index contributed by atoms with van der Waals surface area (Å²) in [5.41, 5.74) is 1.26. The molecule has 2 heterocycles. The van der Waals surface area contributed by atoms with E-state index in [-0.39, 0.29) is 23.1 Å². The number of pyridine rings is 1. The van der Waals surface area contributed by atoms with Crippen LogP contribution in [0.4, 0.5) is 0 Å². The molecule has 0 aromatic carbocycles. The number of carbonyl (C=O) groups excluding carboxylic acids is 1. The summed E-state index contributed by atoms with van der Waals surface area (Å²) in [5, 5.41) is 2.90. The predicted molar refractivity (Wildman–Crippen MR) is 91.9 cm³/mol. The summed E-state index contributed by atoms with van der Waals surface area (Å²) in [6, 6.07) is 3.71. The van der Waals surface area contributed by atoms with Crippen LogP contribution in [0.2, 0.25) is 0 Å². The van der Waals surface area contributed by atoms with Crippen molar-refractivity contribution in [3.63, 3.8) is 0 Å². The third-order valence-electron chi connectivity index (χ3n) is 3.96. The number of hydrogen-bond donors (Lipinski definition) is 1. The van der Waals surface area contributed by atoms with Crippen molar-refractivity contribution in [2.45, 2.75) is 58.9 Å². The predicted octanol–water partition coefficient (Wildman–Crippen LogP) is 3.09. The molecule has 0 saturated heterocycles. The first-order valence-corrected chi connectivity index (χ1v) is 8.31. The highest BCUT2D eigenvalue weighted by atomic mass is 16.2. The molecule has 23 heavy (non-hydrogen) atoms. The van der Waals surface area contributed by atoms with Crippen LogP contribution in [0.1, 0.15) is 61.9 Å². The van der Waals surface area contributed by atoms with Crippen LogP contribution < -0.4 is 10.9 Å². The number of carbonyl (C=O) groups is 1. The lowest BCUT2D eigenvalue weighted by molar-refractivity contribution is 0.0936. The maximum absolute atomic E-state index is 12.5. The van der Waals surface area contributed by atoms with Crippen LogP contribution in [0, 0.1) is 6.92 Å². The Labute approximate surface area is 136 Å². The summed E-state index contributed by atoms with van der Waals surface area (Å²) < 4.78 is 1.43. The van der Waals surface area contributed by atoms with Crippen LogP contribution >= 0.6 is 0 Å². The Morgan fingerprint density at radius 2 is 2.09 bits per heavy atom. The molecule has 5 nitrogen and oxygen atoms in total. The topological polar surface area (TPSA) is 63.5 Å². The summed E-state index contributed by atoms with van der Waals surface area (Å²) in [6.07, 6.45) is 8.67. The average Bonchev–Trinajstić information content (AvgIpc) is 2.52. The van der Waals surface area contributed by atoms with Crippen molar-refractivity contribution in [2.24, 2.45) is 0 Å². The Hall–Kier alpha value is -2.17. The Kier molecular flexibility index (Phi) is 5.90. The molecule has 1 atom stereocenters. The lowest BCUT2D eigenvalue weighted by atomic mass is 10.1. The molecule has 2 aromatic rings. The molecule has 0 spiro atoms. The van der Waals surface area contributed by atoms with Crippen molar-refractivity contribution in [1.29, 1.82) is 0 Å². The van der Waals surface area contributed by atoms with Gasteiger partial charge in [-0.3, -0.25) is 14.0 Å². The number of amides is 1. The minimum absolute atomic E-state index is 0.0527. The number of nitrogens with one attached hydrogen (secondary N) is 1. The van der Waals surface area contributed by atoms with Gasteiger partial charge < -0.3 is 5.32 Å². The van der Waals surface area contributed by atoms with Crippen LogP contribution in [0.15, 0.2) is 29.3 Å². The second kappa shape index (κ2) is 7.90. The molecule has 1 amide bonds. The van der Waals surface area contributed by atoms with Crippen LogP contribution in [-0.4, -0.2) is 21.3 Å². The van der Waals surface area contributed by atoms with Gasteiger partial charge in [-0.25, -0.2) is 4.98 Å². The molecule has 5 heteroatoms. The van der Waals surface area contributed by atoms with E-state index < -0.39 is 0 Å². The van der Waals surface area contributed by atoms with Gasteiger partial charge in [-0.15, -0.1) is 0 Å². The molecule has 2 rings (SSSR count). The van der Waals surface area contributed by atoms with Gasteiger partial charge in [0.15, 0.2) is 0 Å².